The van der Waals surface area contributed by atoms with Crippen molar-refractivity contribution in [2.75, 3.05) is 0 Å². The Morgan fingerprint density at radius 1 is 1.22 bits per heavy atom. The van der Waals surface area contributed by atoms with Gasteiger partial charge in [-0.2, -0.15) is 0 Å². The molecule has 2 aliphatic carbocycles. The zero-order valence-electron chi connectivity index (χ0n) is 17.3. The van der Waals surface area contributed by atoms with Crippen LogP contribution in [0.1, 0.15) is 66.7 Å². The van der Waals surface area contributed by atoms with Gasteiger partial charge in [-0.15, -0.1) is 0 Å². The van der Waals surface area contributed by atoms with Gasteiger partial charge in [-0.25, -0.2) is 0 Å². The van der Waals surface area contributed by atoms with Crippen LogP contribution >= 0.6 is 0 Å². The van der Waals surface area contributed by atoms with Gasteiger partial charge in [0.25, 0.3) is 0 Å². The van der Waals surface area contributed by atoms with Crippen molar-refractivity contribution in [3.05, 3.63) is 58.2 Å². The van der Waals surface area contributed by atoms with E-state index in [1.807, 2.05) is 0 Å². The molecule has 3 nitrogen and oxygen atoms in total. The lowest BCUT2D eigenvalue weighted by Crippen LogP contribution is -2.31. The molecular formula is C24H32O3. The Morgan fingerprint density at radius 2 is 1.96 bits per heavy atom. The van der Waals surface area contributed by atoms with E-state index in [1.54, 1.807) is 6.08 Å². The Hall–Kier alpha value is -2.16. The maximum absolute atomic E-state index is 11.3. The Bertz CT molecular complexity index is 742. The highest BCUT2D eigenvalue weighted by Gasteiger charge is 2.33. The van der Waals surface area contributed by atoms with E-state index < -0.39 is 0 Å². The first kappa shape index (κ1) is 21.1. The summed E-state index contributed by atoms with van der Waals surface area (Å²) in [5, 5.41) is 0. The fourth-order valence-corrected chi connectivity index (χ4v) is 4.19. The molecule has 0 bridgehead atoms. The van der Waals surface area contributed by atoms with Crippen molar-refractivity contribution >= 4 is 12.3 Å². The van der Waals surface area contributed by atoms with Crippen LogP contribution in [0.3, 0.4) is 0 Å². The lowest BCUT2D eigenvalue weighted by Gasteiger charge is -2.37. The summed E-state index contributed by atoms with van der Waals surface area (Å²) in [6.45, 7) is 10.2. The van der Waals surface area contributed by atoms with Crippen LogP contribution in [0.15, 0.2) is 58.2 Å². The van der Waals surface area contributed by atoms with Crippen LogP contribution in [0.2, 0.25) is 0 Å². The predicted octanol–water partition coefficient (Wildman–Crippen LogP) is 5.79. The lowest BCUT2D eigenvalue weighted by atomic mass is 9.71. The maximum Gasteiger partial charge on any atom is 0.302 e. The molecule has 0 aromatic rings. The van der Waals surface area contributed by atoms with Gasteiger partial charge in [-0.3, -0.25) is 9.59 Å². The van der Waals surface area contributed by atoms with Gasteiger partial charge in [0.2, 0.25) is 0 Å². The molecule has 0 aliphatic heterocycles. The van der Waals surface area contributed by atoms with Crippen LogP contribution in [0.4, 0.5) is 0 Å². The van der Waals surface area contributed by atoms with Crippen molar-refractivity contribution in [2.24, 2.45) is 5.41 Å². The highest BCUT2D eigenvalue weighted by Crippen LogP contribution is 2.42. The third kappa shape index (κ3) is 5.92. The van der Waals surface area contributed by atoms with Crippen molar-refractivity contribution in [2.45, 2.75) is 72.8 Å². The fraction of sp³-hybridized carbons (Fsp3) is 0.500. The second kappa shape index (κ2) is 9.16. The average molecular weight is 369 g/mol. The summed E-state index contributed by atoms with van der Waals surface area (Å²) in [6, 6.07) is 0. The van der Waals surface area contributed by atoms with Crippen molar-refractivity contribution in [3.63, 3.8) is 0 Å². The van der Waals surface area contributed by atoms with Gasteiger partial charge in [-0.05, 0) is 73.3 Å². The Kier molecular flexibility index (Phi) is 7.18. The molecule has 1 unspecified atom stereocenters. The van der Waals surface area contributed by atoms with Crippen LogP contribution in [0, 0.1) is 5.41 Å². The molecule has 3 heteroatoms. The molecule has 27 heavy (non-hydrogen) atoms. The van der Waals surface area contributed by atoms with Gasteiger partial charge in [0, 0.05) is 13.3 Å². The second-order valence-electron chi connectivity index (χ2n) is 8.32. The number of carbonyl (C=O) groups excluding carboxylic acids is 2. The van der Waals surface area contributed by atoms with E-state index in [0.717, 1.165) is 44.0 Å². The lowest BCUT2D eigenvalue weighted by molar-refractivity contribution is -0.147. The summed E-state index contributed by atoms with van der Waals surface area (Å²) in [5.74, 6) is -0.202. The standard InChI is InChI=1S/C24H32O3/c1-17(21-8-6-7-20(10-11-21)13-14-25)9-12-23-18(2)15-22(27-19(3)26)16-24(23,4)5/h9-14,22H,6-8,15-16H2,1-5H3/b12-9+,20-13+,21-17+. The number of allylic oxidation sites excluding steroid dienone is 9. The third-order valence-electron chi connectivity index (χ3n) is 5.49. The van der Waals surface area contributed by atoms with E-state index in [2.05, 4.69) is 52.0 Å². The maximum atomic E-state index is 11.3. The number of ether oxygens (including phenoxy) is 1. The molecule has 0 N–H and O–H groups in total. The summed E-state index contributed by atoms with van der Waals surface area (Å²) in [4.78, 5) is 22.0. The predicted molar refractivity (Wildman–Crippen MR) is 110 cm³/mol. The summed E-state index contributed by atoms with van der Waals surface area (Å²) in [5.41, 5.74) is 6.29. The van der Waals surface area contributed by atoms with Crippen molar-refractivity contribution in [3.8, 4) is 0 Å². The molecule has 0 radical (unpaired) electrons. The van der Waals surface area contributed by atoms with Crippen molar-refractivity contribution < 1.29 is 14.3 Å². The Morgan fingerprint density at radius 3 is 2.59 bits per heavy atom. The van der Waals surface area contributed by atoms with Crippen LogP contribution in [-0.4, -0.2) is 18.4 Å². The molecule has 2 aliphatic rings. The van der Waals surface area contributed by atoms with E-state index in [4.69, 9.17) is 4.74 Å². The molecule has 1 atom stereocenters. The number of hydrogen-bond donors (Lipinski definition) is 0. The zero-order chi connectivity index (χ0) is 20.0. The largest absolute Gasteiger partial charge is 0.462 e. The highest BCUT2D eigenvalue weighted by molar-refractivity contribution is 5.67. The van der Waals surface area contributed by atoms with E-state index in [0.29, 0.717) is 0 Å². The van der Waals surface area contributed by atoms with Crippen LogP contribution < -0.4 is 0 Å². The second-order valence-corrected chi connectivity index (χ2v) is 8.32. The van der Waals surface area contributed by atoms with Gasteiger partial charge in [-0.1, -0.05) is 43.7 Å². The van der Waals surface area contributed by atoms with Gasteiger partial charge in [0.05, 0.1) is 0 Å². The third-order valence-corrected chi connectivity index (χ3v) is 5.49. The van der Waals surface area contributed by atoms with Crippen molar-refractivity contribution in [1.82, 2.24) is 0 Å². The summed E-state index contributed by atoms with van der Waals surface area (Å²) >= 11 is 0. The highest BCUT2D eigenvalue weighted by atomic mass is 16.5. The quantitative estimate of drug-likeness (QED) is 0.358. The van der Waals surface area contributed by atoms with Gasteiger partial charge >= 0.3 is 5.97 Å². The minimum atomic E-state index is -0.202. The van der Waals surface area contributed by atoms with Crippen molar-refractivity contribution in [1.29, 1.82) is 0 Å². The van der Waals surface area contributed by atoms with Crippen LogP contribution in [-0.2, 0) is 14.3 Å². The first-order valence-corrected chi connectivity index (χ1v) is 9.80. The Balaban J connectivity index is 2.22. The number of aldehydes is 1. The Labute approximate surface area is 163 Å². The first-order chi connectivity index (χ1) is 12.7. The molecule has 2 rings (SSSR count). The summed E-state index contributed by atoms with van der Waals surface area (Å²) in [6.07, 6.45) is 15.8. The minimum Gasteiger partial charge on any atom is -0.462 e. The molecule has 0 aromatic carbocycles. The van der Waals surface area contributed by atoms with E-state index in [-0.39, 0.29) is 17.5 Å². The fourth-order valence-electron chi connectivity index (χ4n) is 4.19. The molecule has 0 spiro atoms. The molecule has 0 saturated carbocycles. The summed E-state index contributed by atoms with van der Waals surface area (Å²) < 4.78 is 5.46. The average Bonchev–Trinajstić information content (AvgIpc) is 2.78. The minimum absolute atomic E-state index is 0.0247. The number of carbonyl (C=O) groups is 2. The normalized spacial score (nSPS) is 26.3. The van der Waals surface area contributed by atoms with Crippen LogP contribution in [0.25, 0.3) is 0 Å². The smallest absolute Gasteiger partial charge is 0.302 e. The van der Waals surface area contributed by atoms with Gasteiger partial charge < -0.3 is 4.74 Å². The molecule has 0 aromatic heterocycles. The zero-order valence-corrected chi connectivity index (χ0v) is 17.3. The molecular weight excluding hydrogens is 336 g/mol. The number of rotatable bonds is 4. The first-order valence-electron chi connectivity index (χ1n) is 9.80. The summed E-state index contributed by atoms with van der Waals surface area (Å²) in [7, 11) is 0. The molecule has 0 saturated heterocycles. The van der Waals surface area contributed by atoms with E-state index in [1.165, 1.54) is 29.2 Å². The van der Waals surface area contributed by atoms with E-state index >= 15 is 0 Å². The number of hydrogen-bond acceptors (Lipinski definition) is 3. The van der Waals surface area contributed by atoms with Gasteiger partial charge in [0.15, 0.2) is 0 Å². The molecule has 146 valence electrons. The molecule has 0 fully saturated rings. The SMILES string of the molecule is CC(=O)OC1CC(C)=C(/C=C/C(C)=C2C=C/C(=C/C=O)CCC/2)C(C)(C)C1. The molecule has 0 amide bonds. The molecule has 0 heterocycles. The van der Waals surface area contributed by atoms with E-state index in [9.17, 15) is 9.59 Å². The number of esters is 1. The monoisotopic (exact) mass is 368 g/mol. The van der Waals surface area contributed by atoms with Crippen LogP contribution in [0.5, 0.6) is 0 Å². The van der Waals surface area contributed by atoms with Gasteiger partial charge in [0.1, 0.15) is 12.4 Å². The topological polar surface area (TPSA) is 43.4 Å².